The van der Waals surface area contributed by atoms with E-state index in [1.54, 1.807) is 12.1 Å². The maximum Gasteiger partial charge on any atom is 1.00 e. The van der Waals surface area contributed by atoms with Crippen molar-refractivity contribution in [2.75, 3.05) is 25.5 Å². The van der Waals surface area contributed by atoms with Crippen molar-refractivity contribution in [1.82, 2.24) is 9.88 Å². The lowest BCUT2D eigenvalue weighted by molar-refractivity contribution is -0.0000163. The fourth-order valence-corrected chi connectivity index (χ4v) is 2.71. The standard InChI is InChI=1S/C18H18F3N3O2.ClH/c1-24-9-7-11(8-10-24)26-15-4-2-3-14(22-15)23-18(25)12-5-6-13(19)17(21)16(12)20;/h2-6,11H,7-10H2,1H3,(H,22,23,25);1H. The van der Waals surface area contributed by atoms with E-state index < -0.39 is 28.9 Å². The number of carbonyl (C=O) groups excluding carboxylic acids is 1. The van der Waals surface area contributed by atoms with Gasteiger partial charge in [0, 0.05) is 19.2 Å². The smallest absolute Gasteiger partial charge is 1.00 e. The van der Waals surface area contributed by atoms with E-state index in [-0.39, 0.29) is 25.8 Å². The lowest BCUT2D eigenvalue weighted by atomic mass is 10.1. The highest BCUT2D eigenvalue weighted by molar-refractivity contribution is 6.04. The molecular formula is C18H19ClF3N3O2. The average molecular weight is 402 g/mol. The number of piperidine rings is 1. The summed E-state index contributed by atoms with van der Waals surface area (Å²) in [6.07, 6.45) is 1.78. The van der Waals surface area contributed by atoms with Crippen LogP contribution in [0.4, 0.5) is 19.0 Å². The summed E-state index contributed by atoms with van der Waals surface area (Å²) in [5.74, 6) is -5.05. The van der Waals surface area contributed by atoms with Crippen LogP contribution >= 0.6 is 0 Å². The third-order valence-corrected chi connectivity index (χ3v) is 4.20. The minimum absolute atomic E-state index is 0. The summed E-state index contributed by atoms with van der Waals surface area (Å²) in [6, 6.07) is 6.36. The molecule has 0 atom stereocenters. The molecule has 0 spiro atoms. The van der Waals surface area contributed by atoms with Crippen molar-refractivity contribution in [2.24, 2.45) is 0 Å². The fraction of sp³-hybridized carbons (Fsp3) is 0.333. The van der Waals surface area contributed by atoms with Gasteiger partial charge in [0.05, 0.1) is 5.56 Å². The molecule has 1 aliphatic heterocycles. The van der Waals surface area contributed by atoms with Crippen LogP contribution in [-0.4, -0.2) is 42.0 Å². The van der Waals surface area contributed by atoms with Crippen LogP contribution in [0.1, 0.15) is 24.6 Å². The molecule has 146 valence electrons. The molecular weight excluding hydrogens is 383 g/mol. The highest BCUT2D eigenvalue weighted by atomic mass is 35.5. The first-order valence-corrected chi connectivity index (χ1v) is 8.21. The first kappa shape index (κ1) is 21.0. The molecule has 1 aromatic heterocycles. The Morgan fingerprint density at radius 1 is 1.19 bits per heavy atom. The molecule has 3 rings (SSSR count). The molecule has 1 amide bonds. The van der Waals surface area contributed by atoms with E-state index in [0.29, 0.717) is 11.9 Å². The van der Waals surface area contributed by atoms with Crippen molar-refractivity contribution in [2.45, 2.75) is 18.9 Å². The molecule has 0 unspecified atom stereocenters. The Bertz CT molecular complexity index is 821. The van der Waals surface area contributed by atoms with Gasteiger partial charge in [0.2, 0.25) is 5.88 Å². The van der Waals surface area contributed by atoms with Crippen LogP contribution < -0.4 is 22.5 Å². The van der Waals surface area contributed by atoms with Crippen LogP contribution in [0.3, 0.4) is 0 Å². The number of likely N-dealkylation sites (tertiary alicyclic amines) is 1. The largest absolute Gasteiger partial charge is 1.00 e. The molecule has 0 aliphatic carbocycles. The summed E-state index contributed by atoms with van der Waals surface area (Å²) in [4.78, 5) is 18.5. The zero-order chi connectivity index (χ0) is 18.7. The van der Waals surface area contributed by atoms with Crippen molar-refractivity contribution in [3.63, 3.8) is 0 Å². The van der Waals surface area contributed by atoms with Gasteiger partial charge in [0.15, 0.2) is 17.5 Å². The monoisotopic (exact) mass is 401 g/mol. The summed E-state index contributed by atoms with van der Waals surface area (Å²) in [5.41, 5.74) is -0.604. The summed E-state index contributed by atoms with van der Waals surface area (Å²) in [7, 11) is 2.04. The third kappa shape index (κ3) is 5.11. The van der Waals surface area contributed by atoms with Crippen molar-refractivity contribution < 1.29 is 36.5 Å². The number of carbonyl (C=O) groups is 1. The number of hydrogen-bond donors (Lipinski definition) is 1. The second-order valence-electron chi connectivity index (χ2n) is 6.16. The van der Waals surface area contributed by atoms with Gasteiger partial charge in [-0.1, -0.05) is 6.07 Å². The minimum atomic E-state index is -1.69. The summed E-state index contributed by atoms with van der Waals surface area (Å²) in [6.45, 7) is 1.85. The second-order valence-corrected chi connectivity index (χ2v) is 6.16. The Labute approximate surface area is 162 Å². The van der Waals surface area contributed by atoms with Crippen molar-refractivity contribution in [3.05, 3.63) is 53.3 Å². The molecule has 9 heteroatoms. The number of nitrogens with one attached hydrogen (secondary N) is 1. The first-order valence-electron chi connectivity index (χ1n) is 8.21. The van der Waals surface area contributed by atoms with Gasteiger partial charge in [-0.2, -0.15) is 4.98 Å². The number of rotatable bonds is 4. The van der Waals surface area contributed by atoms with E-state index >= 15 is 0 Å². The summed E-state index contributed by atoms with van der Waals surface area (Å²) >= 11 is 0. The number of halogens is 4. The molecule has 1 N–H and O–H groups in total. The number of anilines is 1. The molecule has 1 aliphatic rings. The fourth-order valence-electron chi connectivity index (χ4n) is 2.71. The van der Waals surface area contributed by atoms with Gasteiger partial charge in [0.1, 0.15) is 11.9 Å². The predicted octanol–water partition coefficient (Wildman–Crippen LogP) is 0.341. The van der Waals surface area contributed by atoms with Crippen molar-refractivity contribution in [3.8, 4) is 5.88 Å². The van der Waals surface area contributed by atoms with Crippen molar-refractivity contribution >= 4 is 11.7 Å². The Morgan fingerprint density at radius 2 is 1.89 bits per heavy atom. The molecule has 5 nitrogen and oxygen atoms in total. The molecule has 0 radical (unpaired) electrons. The highest BCUT2D eigenvalue weighted by Crippen LogP contribution is 2.20. The van der Waals surface area contributed by atoms with Crippen LogP contribution in [0.25, 0.3) is 0 Å². The number of aromatic nitrogens is 1. The average Bonchev–Trinajstić information content (AvgIpc) is 2.62. The molecule has 0 saturated carbocycles. The van der Waals surface area contributed by atoms with Crippen LogP contribution in [0, 0.1) is 17.5 Å². The predicted molar refractivity (Wildman–Crippen MR) is 90.8 cm³/mol. The lowest BCUT2D eigenvalue weighted by Crippen LogP contribution is -3.00. The van der Waals surface area contributed by atoms with Crippen LogP contribution in [0.15, 0.2) is 30.3 Å². The molecule has 2 aromatic rings. The number of nitrogens with zero attached hydrogens (tertiary/aromatic N) is 2. The van der Waals surface area contributed by atoms with Crippen LogP contribution in [0.2, 0.25) is 0 Å². The molecule has 2 heterocycles. The van der Waals surface area contributed by atoms with E-state index in [1.807, 2.05) is 7.05 Å². The van der Waals surface area contributed by atoms with Crippen LogP contribution in [0.5, 0.6) is 5.88 Å². The maximum absolute atomic E-state index is 13.7. The Balaban J connectivity index is 0.00000196. The number of ether oxygens (including phenoxy) is 1. The SMILES string of the molecule is CN1CCC(Oc2cccc(NC(=O)c3ccc(F)c(F)c3F)n2)CC1.[Cl-].[H+]. The molecule has 1 aromatic carbocycles. The topological polar surface area (TPSA) is 54.5 Å². The molecule has 1 fully saturated rings. The second kappa shape index (κ2) is 9.05. The molecule has 1 saturated heterocycles. The highest BCUT2D eigenvalue weighted by Gasteiger charge is 2.20. The number of amides is 1. The third-order valence-electron chi connectivity index (χ3n) is 4.20. The van der Waals surface area contributed by atoms with Gasteiger partial charge < -0.3 is 27.4 Å². The summed E-state index contributed by atoms with van der Waals surface area (Å²) < 4.78 is 45.8. The Kier molecular flexibility index (Phi) is 7.04. The number of pyridine rings is 1. The maximum atomic E-state index is 13.7. The van der Waals surface area contributed by atoms with E-state index in [2.05, 4.69) is 15.2 Å². The van der Waals surface area contributed by atoms with Gasteiger partial charge in [-0.05, 0) is 38.1 Å². The van der Waals surface area contributed by atoms with Gasteiger partial charge in [-0.25, -0.2) is 13.2 Å². The lowest BCUT2D eigenvalue weighted by Gasteiger charge is -2.28. The van der Waals surface area contributed by atoms with Gasteiger partial charge >= 0.3 is 1.43 Å². The van der Waals surface area contributed by atoms with Gasteiger partial charge in [0.25, 0.3) is 5.91 Å². The van der Waals surface area contributed by atoms with E-state index in [1.165, 1.54) is 6.07 Å². The molecule has 27 heavy (non-hydrogen) atoms. The Morgan fingerprint density at radius 3 is 2.59 bits per heavy atom. The first-order chi connectivity index (χ1) is 12.4. The molecule has 0 bridgehead atoms. The summed E-state index contributed by atoms with van der Waals surface area (Å²) in [5, 5.41) is 2.36. The zero-order valence-corrected chi connectivity index (χ0v) is 15.3. The number of benzene rings is 1. The number of hydrogen-bond acceptors (Lipinski definition) is 4. The van der Waals surface area contributed by atoms with Gasteiger partial charge in [-0.3, -0.25) is 4.79 Å². The normalized spacial score (nSPS) is 15.1. The van der Waals surface area contributed by atoms with E-state index in [0.717, 1.165) is 32.0 Å². The van der Waals surface area contributed by atoms with Crippen molar-refractivity contribution in [1.29, 1.82) is 0 Å². The van der Waals surface area contributed by atoms with E-state index in [4.69, 9.17) is 4.74 Å². The quantitative estimate of drug-likeness (QED) is 0.751. The van der Waals surface area contributed by atoms with Gasteiger partial charge in [-0.15, -0.1) is 0 Å². The minimum Gasteiger partial charge on any atom is -1.00 e. The zero-order valence-electron chi connectivity index (χ0n) is 15.5. The Hall–Kier alpha value is -2.32. The van der Waals surface area contributed by atoms with E-state index in [9.17, 15) is 18.0 Å². The van der Waals surface area contributed by atoms with Crippen LogP contribution in [-0.2, 0) is 0 Å².